The quantitative estimate of drug-likeness (QED) is 0.352. The molecule has 3 heterocycles. The van der Waals surface area contributed by atoms with Gasteiger partial charge in [0.2, 0.25) is 11.5 Å². The molecule has 0 spiro atoms. The second-order valence-corrected chi connectivity index (χ2v) is 7.84. The number of allylic oxidation sites excluding steroid dienone is 1. The number of alkyl halides is 3. The second kappa shape index (κ2) is 9.49. The van der Waals surface area contributed by atoms with Crippen LogP contribution in [0.5, 0.6) is 0 Å². The smallest absolute Gasteiger partial charge is 0.398 e. The maximum Gasteiger partial charge on any atom is 0.405 e. The van der Waals surface area contributed by atoms with Crippen LogP contribution in [-0.4, -0.2) is 38.0 Å². The number of nitrogens with two attached hydrogens (primary N) is 1. The fourth-order valence-electron chi connectivity index (χ4n) is 3.55. The van der Waals surface area contributed by atoms with Crippen molar-refractivity contribution in [3.8, 4) is 16.8 Å². The van der Waals surface area contributed by atoms with Gasteiger partial charge in [-0.3, -0.25) is 14.2 Å². The minimum Gasteiger partial charge on any atom is -0.398 e. The lowest BCUT2D eigenvalue weighted by Crippen LogP contribution is -2.24. The number of hydrogen-bond acceptors (Lipinski definition) is 7. The minimum atomic E-state index is -4.48. The van der Waals surface area contributed by atoms with E-state index in [9.17, 15) is 22.8 Å². The molecule has 0 aliphatic rings. The monoisotopic (exact) mass is 495 g/mol. The van der Waals surface area contributed by atoms with Gasteiger partial charge < -0.3 is 21.0 Å². The maximum absolute atomic E-state index is 13.7. The zero-order valence-electron chi connectivity index (χ0n) is 18.9. The molecular weight excluding hydrogens is 475 g/mol. The predicted molar refractivity (Wildman–Crippen MR) is 131 cm³/mol. The summed E-state index contributed by atoms with van der Waals surface area (Å²) in [5.41, 5.74) is 7.28. The Morgan fingerprint density at radius 3 is 2.53 bits per heavy atom. The number of rotatable bonds is 6. The molecule has 4 N–H and O–H groups in total. The second-order valence-electron chi connectivity index (χ2n) is 7.84. The van der Waals surface area contributed by atoms with E-state index in [2.05, 4.69) is 15.3 Å². The van der Waals surface area contributed by atoms with Crippen LogP contribution in [0.1, 0.15) is 5.56 Å². The van der Waals surface area contributed by atoms with Gasteiger partial charge in [0, 0.05) is 53.9 Å². The van der Waals surface area contributed by atoms with Crippen LogP contribution in [0.2, 0.25) is 0 Å². The number of pyridine rings is 2. The first kappa shape index (κ1) is 24.4. The lowest BCUT2D eigenvalue weighted by Gasteiger charge is -2.15. The number of fused-ring (bicyclic) bond motifs is 1. The van der Waals surface area contributed by atoms with Crippen LogP contribution in [0.15, 0.2) is 70.5 Å². The molecule has 0 fully saturated rings. The third kappa shape index (κ3) is 5.02. The predicted octanol–water partition coefficient (Wildman–Crippen LogP) is 3.07. The molecule has 0 atom stereocenters. The van der Waals surface area contributed by atoms with E-state index in [1.54, 1.807) is 31.3 Å². The van der Waals surface area contributed by atoms with Crippen molar-refractivity contribution < 1.29 is 13.2 Å². The van der Waals surface area contributed by atoms with Gasteiger partial charge in [-0.25, -0.2) is 4.98 Å². The van der Waals surface area contributed by atoms with Gasteiger partial charge >= 0.3 is 6.18 Å². The summed E-state index contributed by atoms with van der Waals surface area (Å²) in [6.45, 7) is -1.34. The Balaban J connectivity index is 1.95. The van der Waals surface area contributed by atoms with E-state index in [0.29, 0.717) is 27.9 Å². The molecule has 1 aromatic carbocycles. The molecule has 4 aromatic rings. The van der Waals surface area contributed by atoms with Crippen molar-refractivity contribution in [2.45, 2.75) is 6.18 Å². The highest BCUT2D eigenvalue weighted by molar-refractivity contribution is 5.84. The first-order chi connectivity index (χ1) is 17.1. The van der Waals surface area contributed by atoms with E-state index in [-0.39, 0.29) is 22.7 Å². The largest absolute Gasteiger partial charge is 0.405 e. The zero-order chi connectivity index (χ0) is 26.0. The first-order valence-corrected chi connectivity index (χ1v) is 10.5. The van der Waals surface area contributed by atoms with Crippen LogP contribution in [0.4, 0.5) is 19.1 Å². The Kier molecular flexibility index (Phi) is 6.43. The summed E-state index contributed by atoms with van der Waals surface area (Å²) >= 11 is 0. The number of hydrogen-bond donors (Lipinski definition) is 3. The number of nitrogens with one attached hydrogen (secondary N) is 2. The number of nitrogens with zero attached hydrogens (tertiary/aromatic N) is 4. The average molecular weight is 495 g/mol. The summed E-state index contributed by atoms with van der Waals surface area (Å²) in [4.78, 5) is 33.7. The fourth-order valence-corrected chi connectivity index (χ4v) is 3.55. The summed E-state index contributed by atoms with van der Waals surface area (Å²) in [7, 11) is 1.55. The Morgan fingerprint density at radius 2 is 1.89 bits per heavy atom. The van der Waals surface area contributed by atoms with E-state index >= 15 is 0 Å². The maximum atomic E-state index is 13.7. The molecule has 36 heavy (non-hydrogen) atoms. The van der Waals surface area contributed by atoms with Gasteiger partial charge in [0.05, 0.1) is 5.69 Å². The van der Waals surface area contributed by atoms with Crippen molar-refractivity contribution in [2.24, 2.45) is 12.8 Å². The van der Waals surface area contributed by atoms with E-state index in [1.807, 2.05) is 0 Å². The Bertz CT molecular complexity index is 1600. The van der Waals surface area contributed by atoms with Gasteiger partial charge in [0.15, 0.2) is 5.65 Å². The van der Waals surface area contributed by atoms with Crippen LogP contribution in [0.25, 0.3) is 33.5 Å². The molecule has 12 heteroatoms. The number of benzene rings is 1. The van der Waals surface area contributed by atoms with Crippen molar-refractivity contribution in [3.05, 3.63) is 87.2 Å². The normalized spacial score (nSPS) is 12.1. The van der Waals surface area contributed by atoms with Crippen LogP contribution in [-0.2, 0) is 7.05 Å². The van der Waals surface area contributed by atoms with Gasteiger partial charge in [-0.1, -0.05) is 12.1 Å². The van der Waals surface area contributed by atoms with Crippen molar-refractivity contribution in [3.63, 3.8) is 0 Å². The lowest BCUT2D eigenvalue weighted by atomic mass is 10.1. The van der Waals surface area contributed by atoms with Crippen LogP contribution in [0, 0.1) is 5.41 Å². The topological polar surface area (TPSA) is 132 Å². The summed E-state index contributed by atoms with van der Waals surface area (Å²) in [5.74, 6) is -0.294. The fraction of sp³-hybridized carbons (Fsp3) is 0.125. The third-order valence-electron chi connectivity index (χ3n) is 5.31. The lowest BCUT2D eigenvalue weighted by molar-refractivity contribution is -0.115. The van der Waals surface area contributed by atoms with Crippen LogP contribution < -0.4 is 22.2 Å². The van der Waals surface area contributed by atoms with E-state index in [0.717, 1.165) is 6.21 Å². The third-order valence-corrected chi connectivity index (χ3v) is 5.31. The molecule has 9 nitrogen and oxygen atoms in total. The average Bonchev–Trinajstić information content (AvgIpc) is 2.84. The summed E-state index contributed by atoms with van der Waals surface area (Å²) in [6.07, 6.45) is 0.806. The highest BCUT2D eigenvalue weighted by atomic mass is 19.4. The standard InChI is InChI=1S/C24H20F3N7O2/c1-33-12-15(4-7-20(33)35)18-10-16-11-30-23(31-13-24(25,26)27)32-21(16)34(22(18)36)17-5-2-14(3-6-17)19(29)8-9-28/h2-12,28H,13,29H2,1H3,(H,30,31,32). The molecule has 0 aliphatic carbocycles. The molecule has 3 aromatic heterocycles. The Morgan fingerprint density at radius 1 is 1.17 bits per heavy atom. The number of anilines is 1. The molecule has 0 aliphatic heterocycles. The van der Waals surface area contributed by atoms with Gasteiger partial charge in [-0.2, -0.15) is 18.2 Å². The number of halogens is 3. The van der Waals surface area contributed by atoms with E-state index in [1.165, 1.54) is 45.8 Å². The van der Waals surface area contributed by atoms with Crippen molar-refractivity contribution >= 4 is 28.9 Å². The molecule has 0 bridgehead atoms. The molecule has 0 saturated heterocycles. The summed E-state index contributed by atoms with van der Waals surface area (Å²) in [5, 5.41) is 9.68. The zero-order valence-corrected chi connectivity index (χ0v) is 18.9. The van der Waals surface area contributed by atoms with Gasteiger partial charge in [0.25, 0.3) is 5.56 Å². The van der Waals surface area contributed by atoms with Crippen molar-refractivity contribution in [1.82, 2.24) is 19.1 Å². The van der Waals surface area contributed by atoms with Gasteiger partial charge in [0.1, 0.15) is 6.54 Å². The van der Waals surface area contributed by atoms with E-state index in [4.69, 9.17) is 11.1 Å². The van der Waals surface area contributed by atoms with E-state index < -0.39 is 18.3 Å². The highest BCUT2D eigenvalue weighted by Gasteiger charge is 2.27. The van der Waals surface area contributed by atoms with Crippen molar-refractivity contribution in [2.75, 3.05) is 11.9 Å². The molecule has 0 amide bonds. The Labute approximate surface area is 201 Å². The molecule has 4 rings (SSSR count). The summed E-state index contributed by atoms with van der Waals surface area (Å²) in [6, 6.07) is 10.9. The molecular formula is C24H20F3N7O2. The summed E-state index contributed by atoms with van der Waals surface area (Å²) < 4.78 is 40.7. The molecule has 0 unspecified atom stereocenters. The van der Waals surface area contributed by atoms with Crippen LogP contribution in [0.3, 0.4) is 0 Å². The minimum absolute atomic E-state index is 0.0870. The molecule has 184 valence electrons. The molecule has 0 saturated carbocycles. The SMILES string of the molecule is Cn1cc(-c2cc3cnc(NCC(F)(F)F)nc3n(-c3ccc(C(N)=CC=N)cc3)c2=O)ccc1=O. The number of aryl methyl sites for hydroxylation is 1. The van der Waals surface area contributed by atoms with Crippen LogP contribution >= 0.6 is 0 Å². The van der Waals surface area contributed by atoms with Gasteiger partial charge in [-0.05, 0) is 35.9 Å². The van der Waals surface area contributed by atoms with Gasteiger partial charge in [-0.15, -0.1) is 0 Å². The number of aromatic nitrogens is 4. The Hall–Kier alpha value is -4.74. The molecule has 0 radical (unpaired) electrons. The first-order valence-electron chi connectivity index (χ1n) is 10.5. The highest BCUT2D eigenvalue weighted by Crippen LogP contribution is 2.24. The van der Waals surface area contributed by atoms with Crippen molar-refractivity contribution in [1.29, 1.82) is 5.41 Å².